The molecule has 0 saturated carbocycles. The summed E-state index contributed by atoms with van der Waals surface area (Å²) in [6, 6.07) is 15.2. The molecule has 0 aliphatic rings. The molecule has 0 bridgehead atoms. The zero-order valence-corrected chi connectivity index (χ0v) is 12.3. The minimum atomic E-state index is -0.238. The lowest BCUT2D eigenvalue weighted by Crippen LogP contribution is -2.26. The first-order valence-corrected chi connectivity index (χ1v) is 7.48. The molecule has 3 aromatic rings. The van der Waals surface area contributed by atoms with E-state index in [9.17, 15) is 4.79 Å². The fourth-order valence-corrected chi connectivity index (χ4v) is 2.69. The predicted molar refractivity (Wildman–Crippen MR) is 82.1 cm³/mol. The Kier molecular flexibility index (Phi) is 3.83. The van der Waals surface area contributed by atoms with Crippen LogP contribution in [0.25, 0.3) is 10.6 Å². The number of hydrogen-bond acceptors (Lipinski definition) is 4. The summed E-state index contributed by atoms with van der Waals surface area (Å²) in [6.45, 7) is 1.94. The van der Waals surface area contributed by atoms with Crippen molar-refractivity contribution in [2.75, 3.05) is 0 Å². The summed E-state index contributed by atoms with van der Waals surface area (Å²) in [6.07, 6.45) is 0. The van der Waals surface area contributed by atoms with Gasteiger partial charge in [-0.3, -0.25) is 4.79 Å². The van der Waals surface area contributed by atoms with Crippen molar-refractivity contribution < 1.29 is 9.32 Å². The topological polar surface area (TPSA) is 55.1 Å². The zero-order valence-electron chi connectivity index (χ0n) is 11.4. The quantitative estimate of drug-likeness (QED) is 0.795. The van der Waals surface area contributed by atoms with Crippen molar-refractivity contribution in [2.24, 2.45) is 0 Å². The van der Waals surface area contributed by atoms with E-state index in [0.29, 0.717) is 11.5 Å². The zero-order chi connectivity index (χ0) is 14.7. The van der Waals surface area contributed by atoms with Gasteiger partial charge in [-0.05, 0) is 23.9 Å². The highest BCUT2D eigenvalue weighted by Crippen LogP contribution is 2.25. The normalized spacial score (nSPS) is 12.0. The van der Waals surface area contributed by atoms with Crippen molar-refractivity contribution in [1.82, 2.24) is 10.5 Å². The molecule has 106 valence electrons. The summed E-state index contributed by atoms with van der Waals surface area (Å²) < 4.78 is 5.22. The van der Waals surface area contributed by atoms with E-state index in [1.165, 1.54) is 0 Å². The van der Waals surface area contributed by atoms with Gasteiger partial charge in [0.15, 0.2) is 11.5 Å². The second-order valence-corrected chi connectivity index (χ2v) is 5.61. The number of amides is 1. The van der Waals surface area contributed by atoms with Crippen molar-refractivity contribution >= 4 is 17.2 Å². The fraction of sp³-hybridized carbons (Fsp3) is 0.125. The van der Waals surface area contributed by atoms with Crippen LogP contribution in [0.5, 0.6) is 0 Å². The highest BCUT2D eigenvalue weighted by Gasteiger charge is 2.16. The summed E-state index contributed by atoms with van der Waals surface area (Å²) >= 11 is 1.55. The van der Waals surface area contributed by atoms with Gasteiger partial charge in [0, 0.05) is 6.07 Å². The van der Waals surface area contributed by atoms with E-state index < -0.39 is 0 Å². The third kappa shape index (κ3) is 3.03. The molecule has 21 heavy (non-hydrogen) atoms. The van der Waals surface area contributed by atoms with Crippen LogP contribution in [0.4, 0.5) is 0 Å². The molecule has 0 spiro atoms. The molecule has 0 saturated heterocycles. The Morgan fingerprint density at radius 3 is 2.76 bits per heavy atom. The van der Waals surface area contributed by atoms with Crippen LogP contribution in [0.3, 0.4) is 0 Å². The Balaban J connectivity index is 1.71. The van der Waals surface area contributed by atoms with Crippen molar-refractivity contribution in [2.45, 2.75) is 13.0 Å². The van der Waals surface area contributed by atoms with Crippen molar-refractivity contribution in [3.05, 3.63) is 65.2 Å². The van der Waals surface area contributed by atoms with Gasteiger partial charge in [0.2, 0.25) is 0 Å². The number of carbonyl (C=O) groups is 1. The third-order valence-electron chi connectivity index (χ3n) is 3.15. The molecule has 0 fully saturated rings. The van der Waals surface area contributed by atoms with E-state index in [2.05, 4.69) is 10.5 Å². The minimum Gasteiger partial charge on any atom is -0.355 e. The van der Waals surface area contributed by atoms with E-state index in [1.54, 1.807) is 17.4 Å². The van der Waals surface area contributed by atoms with Gasteiger partial charge < -0.3 is 9.84 Å². The molecule has 0 aliphatic heterocycles. The van der Waals surface area contributed by atoms with Crippen LogP contribution >= 0.6 is 11.3 Å². The molecule has 1 amide bonds. The Labute approximate surface area is 126 Å². The second kappa shape index (κ2) is 5.93. The molecular weight excluding hydrogens is 284 g/mol. The number of nitrogens with one attached hydrogen (secondary N) is 1. The molecular formula is C16H14N2O2S. The summed E-state index contributed by atoms with van der Waals surface area (Å²) in [5, 5.41) is 8.70. The summed E-state index contributed by atoms with van der Waals surface area (Å²) in [5.74, 6) is 0.375. The van der Waals surface area contributed by atoms with Gasteiger partial charge in [0.25, 0.3) is 5.91 Å². The molecule has 1 unspecified atom stereocenters. The first-order chi connectivity index (χ1) is 10.2. The Hall–Kier alpha value is -2.40. The SMILES string of the molecule is CC(NC(=O)c1cc(-c2cccs2)on1)c1ccccc1. The molecule has 1 aromatic carbocycles. The minimum absolute atomic E-state index is 0.0828. The van der Waals surface area contributed by atoms with Gasteiger partial charge in [-0.2, -0.15) is 0 Å². The van der Waals surface area contributed by atoms with E-state index in [0.717, 1.165) is 10.4 Å². The number of hydrogen-bond donors (Lipinski definition) is 1. The summed E-state index contributed by atoms with van der Waals surface area (Å²) in [4.78, 5) is 13.1. The second-order valence-electron chi connectivity index (χ2n) is 4.66. The molecule has 3 rings (SSSR count). The third-order valence-corrected chi connectivity index (χ3v) is 4.04. The van der Waals surface area contributed by atoms with Crippen molar-refractivity contribution in [1.29, 1.82) is 0 Å². The molecule has 2 aromatic heterocycles. The standard InChI is InChI=1S/C16H14N2O2S/c1-11(12-6-3-2-4-7-12)17-16(19)13-10-14(20-18-13)15-8-5-9-21-15/h2-11H,1H3,(H,17,19). The van der Waals surface area contributed by atoms with Crippen LogP contribution in [-0.4, -0.2) is 11.1 Å². The molecule has 2 heterocycles. The number of benzene rings is 1. The number of rotatable bonds is 4. The maximum atomic E-state index is 12.2. The number of carbonyl (C=O) groups excluding carboxylic acids is 1. The maximum absolute atomic E-state index is 12.2. The summed E-state index contributed by atoms with van der Waals surface area (Å²) in [7, 11) is 0. The highest BCUT2D eigenvalue weighted by molar-refractivity contribution is 7.13. The maximum Gasteiger partial charge on any atom is 0.273 e. The molecule has 0 aliphatic carbocycles. The Bertz CT molecular complexity index is 720. The lowest BCUT2D eigenvalue weighted by molar-refractivity contribution is 0.0931. The van der Waals surface area contributed by atoms with Crippen LogP contribution in [0.1, 0.15) is 29.0 Å². The van der Waals surface area contributed by atoms with Crippen molar-refractivity contribution in [3.8, 4) is 10.6 Å². The monoisotopic (exact) mass is 298 g/mol. The molecule has 1 N–H and O–H groups in total. The first kappa shape index (κ1) is 13.6. The molecule has 5 heteroatoms. The number of nitrogens with zero attached hydrogens (tertiary/aromatic N) is 1. The van der Waals surface area contributed by atoms with E-state index in [1.807, 2.05) is 54.8 Å². The van der Waals surface area contributed by atoms with Crippen LogP contribution in [0.15, 0.2) is 58.4 Å². The molecule has 0 radical (unpaired) electrons. The molecule has 4 nitrogen and oxygen atoms in total. The van der Waals surface area contributed by atoms with Crippen molar-refractivity contribution in [3.63, 3.8) is 0 Å². The van der Waals surface area contributed by atoms with Crippen LogP contribution in [-0.2, 0) is 0 Å². The fourth-order valence-electron chi connectivity index (χ4n) is 2.01. The van der Waals surface area contributed by atoms with E-state index in [4.69, 9.17) is 4.52 Å². The Morgan fingerprint density at radius 2 is 2.05 bits per heavy atom. The first-order valence-electron chi connectivity index (χ1n) is 6.60. The van der Waals surface area contributed by atoms with E-state index >= 15 is 0 Å². The highest BCUT2D eigenvalue weighted by atomic mass is 32.1. The molecule has 1 atom stereocenters. The van der Waals surface area contributed by atoms with Gasteiger partial charge in [-0.25, -0.2) is 0 Å². The largest absolute Gasteiger partial charge is 0.355 e. The van der Waals surface area contributed by atoms with Gasteiger partial charge in [-0.1, -0.05) is 41.6 Å². The summed E-state index contributed by atoms with van der Waals surface area (Å²) in [5.41, 5.74) is 1.34. The average molecular weight is 298 g/mol. The lowest BCUT2D eigenvalue weighted by atomic mass is 10.1. The van der Waals surface area contributed by atoms with Crippen LogP contribution < -0.4 is 5.32 Å². The van der Waals surface area contributed by atoms with E-state index in [-0.39, 0.29) is 11.9 Å². The van der Waals surface area contributed by atoms with Crippen LogP contribution in [0.2, 0.25) is 0 Å². The van der Waals surface area contributed by atoms with Gasteiger partial charge in [-0.15, -0.1) is 11.3 Å². The number of aromatic nitrogens is 1. The van der Waals surface area contributed by atoms with Gasteiger partial charge in [0.1, 0.15) is 0 Å². The van der Waals surface area contributed by atoms with Gasteiger partial charge in [0.05, 0.1) is 10.9 Å². The average Bonchev–Trinajstić information content (AvgIpc) is 3.19. The van der Waals surface area contributed by atoms with Crippen LogP contribution in [0, 0.1) is 0 Å². The smallest absolute Gasteiger partial charge is 0.273 e. The lowest BCUT2D eigenvalue weighted by Gasteiger charge is -2.12. The Morgan fingerprint density at radius 1 is 1.24 bits per heavy atom. The number of thiophene rings is 1. The predicted octanol–water partition coefficient (Wildman–Crippen LogP) is 3.89. The van der Waals surface area contributed by atoms with Gasteiger partial charge >= 0.3 is 0 Å².